The Balaban J connectivity index is 0.983. The SMILES string of the molecule is c1ccc(-c2c(-c3cccc(-c4ccc(-c5ccc(N(c6ccc7ccccc7c6)c6cccc7ccccc67)cc5)cc4)c3)oc3ccccc23)cc1. The molecule has 0 saturated heterocycles. The van der Waals surface area contributed by atoms with Crippen molar-refractivity contribution in [2.75, 3.05) is 4.90 Å². The molecule has 0 amide bonds. The predicted molar refractivity (Wildman–Crippen MR) is 228 cm³/mol. The van der Waals surface area contributed by atoms with Gasteiger partial charge in [0.05, 0.1) is 5.69 Å². The van der Waals surface area contributed by atoms with Crippen LogP contribution in [0, 0.1) is 0 Å². The van der Waals surface area contributed by atoms with E-state index in [1.807, 2.05) is 12.1 Å². The molecule has 2 heteroatoms. The molecule has 0 aliphatic rings. The number of nitrogens with zero attached hydrogens (tertiary/aromatic N) is 1. The molecule has 254 valence electrons. The van der Waals surface area contributed by atoms with E-state index in [0.29, 0.717) is 0 Å². The summed E-state index contributed by atoms with van der Waals surface area (Å²) in [5.74, 6) is 0.891. The summed E-state index contributed by atoms with van der Waals surface area (Å²) < 4.78 is 6.53. The van der Waals surface area contributed by atoms with E-state index in [1.54, 1.807) is 0 Å². The zero-order valence-corrected chi connectivity index (χ0v) is 29.6. The molecule has 0 unspecified atom stereocenters. The van der Waals surface area contributed by atoms with Gasteiger partial charge in [0.2, 0.25) is 0 Å². The smallest absolute Gasteiger partial charge is 0.143 e. The lowest BCUT2D eigenvalue weighted by Crippen LogP contribution is -2.10. The fraction of sp³-hybridized carbons (Fsp3) is 0. The van der Waals surface area contributed by atoms with Crippen molar-refractivity contribution in [3.63, 3.8) is 0 Å². The first-order valence-electron chi connectivity index (χ1n) is 18.4. The fourth-order valence-electron chi connectivity index (χ4n) is 7.78. The van der Waals surface area contributed by atoms with Gasteiger partial charge in [-0.3, -0.25) is 0 Å². The van der Waals surface area contributed by atoms with Gasteiger partial charge in [0.1, 0.15) is 11.3 Å². The number of rotatable bonds is 7. The predicted octanol–water partition coefficient (Wildman–Crippen LogP) is 14.9. The van der Waals surface area contributed by atoms with Crippen molar-refractivity contribution in [3.8, 4) is 44.7 Å². The number of hydrogen-bond acceptors (Lipinski definition) is 2. The van der Waals surface area contributed by atoms with Gasteiger partial charge in [-0.15, -0.1) is 0 Å². The van der Waals surface area contributed by atoms with Crippen LogP contribution in [0.2, 0.25) is 0 Å². The summed E-state index contributed by atoms with van der Waals surface area (Å²) in [6.45, 7) is 0. The highest BCUT2D eigenvalue weighted by molar-refractivity contribution is 6.02. The maximum Gasteiger partial charge on any atom is 0.143 e. The van der Waals surface area contributed by atoms with Crippen molar-refractivity contribution in [2.24, 2.45) is 0 Å². The second kappa shape index (κ2) is 13.4. The van der Waals surface area contributed by atoms with Crippen molar-refractivity contribution >= 4 is 49.6 Å². The van der Waals surface area contributed by atoms with Crippen LogP contribution in [0.1, 0.15) is 0 Å². The van der Waals surface area contributed by atoms with Gasteiger partial charge in [0, 0.05) is 33.3 Å². The van der Waals surface area contributed by atoms with Crippen LogP contribution in [0.4, 0.5) is 17.1 Å². The summed E-state index contributed by atoms with van der Waals surface area (Å²) in [5, 5.41) is 6.01. The molecule has 10 aromatic rings. The van der Waals surface area contributed by atoms with Crippen molar-refractivity contribution < 1.29 is 4.42 Å². The molecule has 0 aliphatic carbocycles. The first kappa shape index (κ1) is 31.6. The number of fused-ring (bicyclic) bond motifs is 3. The highest BCUT2D eigenvalue weighted by Gasteiger charge is 2.19. The van der Waals surface area contributed by atoms with Crippen molar-refractivity contribution in [1.82, 2.24) is 0 Å². The molecule has 1 aromatic heterocycles. The molecular weight excluding hydrogens is 655 g/mol. The molecule has 54 heavy (non-hydrogen) atoms. The van der Waals surface area contributed by atoms with Gasteiger partial charge in [0.15, 0.2) is 0 Å². The summed E-state index contributed by atoms with van der Waals surface area (Å²) in [7, 11) is 0. The maximum absolute atomic E-state index is 6.53. The van der Waals surface area contributed by atoms with Crippen LogP contribution in [0.3, 0.4) is 0 Å². The van der Waals surface area contributed by atoms with Crippen LogP contribution < -0.4 is 4.90 Å². The highest BCUT2D eigenvalue weighted by Crippen LogP contribution is 2.43. The van der Waals surface area contributed by atoms with E-state index in [4.69, 9.17) is 4.42 Å². The van der Waals surface area contributed by atoms with E-state index in [9.17, 15) is 0 Å². The Morgan fingerprint density at radius 1 is 0.315 bits per heavy atom. The molecule has 0 atom stereocenters. The molecule has 9 aromatic carbocycles. The quantitative estimate of drug-likeness (QED) is 0.166. The summed E-state index contributed by atoms with van der Waals surface area (Å²) >= 11 is 0. The van der Waals surface area contributed by atoms with Gasteiger partial charge in [-0.25, -0.2) is 0 Å². The minimum Gasteiger partial charge on any atom is -0.455 e. The Bertz CT molecular complexity index is 2920. The van der Waals surface area contributed by atoms with Crippen molar-refractivity contribution in [2.45, 2.75) is 0 Å². The van der Waals surface area contributed by atoms with Crippen LogP contribution in [0.25, 0.3) is 77.2 Å². The second-order valence-electron chi connectivity index (χ2n) is 13.7. The third-order valence-electron chi connectivity index (χ3n) is 10.5. The molecule has 2 nitrogen and oxygen atoms in total. The summed E-state index contributed by atoms with van der Waals surface area (Å²) in [5.41, 5.74) is 12.3. The van der Waals surface area contributed by atoms with Crippen molar-refractivity contribution in [1.29, 1.82) is 0 Å². The lowest BCUT2D eigenvalue weighted by molar-refractivity contribution is 0.632. The fourth-order valence-corrected chi connectivity index (χ4v) is 7.78. The molecule has 1 heterocycles. The van der Waals surface area contributed by atoms with Gasteiger partial charge >= 0.3 is 0 Å². The largest absolute Gasteiger partial charge is 0.455 e. The molecular formula is C52H35NO. The van der Waals surface area contributed by atoms with Crippen LogP contribution in [0.5, 0.6) is 0 Å². The number of hydrogen-bond donors (Lipinski definition) is 0. The van der Waals surface area contributed by atoms with Gasteiger partial charge in [-0.2, -0.15) is 0 Å². The average molecular weight is 690 g/mol. The van der Waals surface area contributed by atoms with E-state index in [1.165, 1.54) is 32.7 Å². The topological polar surface area (TPSA) is 16.4 Å². The van der Waals surface area contributed by atoms with E-state index >= 15 is 0 Å². The molecule has 0 aliphatic heterocycles. The molecule has 0 radical (unpaired) electrons. The van der Waals surface area contributed by atoms with Crippen LogP contribution in [0.15, 0.2) is 217 Å². The lowest BCUT2D eigenvalue weighted by atomic mass is 9.95. The third kappa shape index (κ3) is 5.71. The van der Waals surface area contributed by atoms with E-state index in [-0.39, 0.29) is 0 Å². The zero-order chi connectivity index (χ0) is 35.8. The van der Waals surface area contributed by atoms with E-state index < -0.39 is 0 Å². The Morgan fingerprint density at radius 2 is 0.870 bits per heavy atom. The van der Waals surface area contributed by atoms with E-state index in [2.05, 4.69) is 205 Å². The highest BCUT2D eigenvalue weighted by atomic mass is 16.3. The van der Waals surface area contributed by atoms with Gasteiger partial charge in [-0.05, 0) is 86.4 Å². The maximum atomic E-state index is 6.53. The molecule has 10 rings (SSSR count). The summed E-state index contributed by atoms with van der Waals surface area (Å²) in [6, 6.07) is 75.8. The lowest BCUT2D eigenvalue weighted by Gasteiger charge is -2.27. The summed E-state index contributed by atoms with van der Waals surface area (Å²) in [6.07, 6.45) is 0. The molecule has 0 saturated carbocycles. The number of benzene rings is 9. The Labute approximate surface area is 314 Å². The Kier molecular flexibility index (Phi) is 7.85. The number of anilines is 3. The molecule has 0 bridgehead atoms. The van der Waals surface area contributed by atoms with Crippen LogP contribution in [-0.2, 0) is 0 Å². The normalized spacial score (nSPS) is 11.3. The third-order valence-corrected chi connectivity index (χ3v) is 10.5. The standard InChI is InChI=1S/C52H35NO/c1-2-14-41(15-3-1)51-48-21-8-9-23-50(48)54-52(51)44-19-10-18-42(34-44)39-26-24-37(25-27-39)38-28-31-45(32-29-38)53(46-33-30-36-12-4-5-16-43(36)35-46)49-22-11-17-40-13-6-7-20-47(40)49/h1-35H. The molecule has 0 fully saturated rings. The molecule has 0 N–H and O–H groups in total. The first-order chi connectivity index (χ1) is 26.8. The average Bonchev–Trinajstić information content (AvgIpc) is 3.64. The Morgan fingerprint density at radius 3 is 1.67 bits per heavy atom. The minimum atomic E-state index is 0.891. The minimum absolute atomic E-state index is 0.891. The van der Waals surface area contributed by atoms with Crippen LogP contribution in [-0.4, -0.2) is 0 Å². The monoisotopic (exact) mass is 689 g/mol. The second-order valence-corrected chi connectivity index (χ2v) is 13.7. The number of furan rings is 1. The van der Waals surface area contributed by atoms with E-state index in [0.717, 1.165) is 61.6 Å². The van der Waals surface area contributed by atoms with Gasteiger partial charge in [-0.1, -0.05) is 170 Å². The Hall–Kier alpha value is -7.16. The van der Waals surface area contributed by atoms with Crippen LogP contribution >= 0.6 is 0 Å². The van der Waals surface area contributed by atoms with Crippen molar-refractivity contribution in [3.05, 3.63) is 212 Å². The molecule has 0 spiro atoms. The zero-order valence-electron chi connectivity index (χ0n) is 29.6. The van der Waals surface area contributed by atoms with Gasteiger partial charge < -0.3 is 9.32 Å². The number of para-hydroxylation sites is 1. The summed E-state index contributed by atoms with van der Waals surface area (Å²) in [4.78, 5) is 2.37. The first-order valence-corrected chi connectivity index (χ1v) is 18.4. The van der Waals surface area contributed by atoms with Gasteiger partial charge in [0.25, 0.3) is 0 Å².